The van der Waals surface area contributed by atoms with Gasteiger partial charge in [-0.2, -0.15) is 0 Å². The molecule has 0 saturated heterocycles. The average molecular weight is 248 g/mol. The van der Waals surface area contributed by atoms with Gasteiger partial charge in [0.1, 0.15) is 11.6 Å². The second kappa shape index (κ2) is 5.00. The van der Waals surface area contributed by atoms with Crippen LogP contribution >= 0.6 is 0 Å². The summed E-state index contributed by atoms with van der Waals surface area (Å²) in [6.45, 7) is 4.03. The van der Waals surface area contributed by atoms with Crippen LogP contribution in [0.3, 0.4) is 0 Å². The van der Waals surface area contributed by atoms with Gasteiger partial charge in [0.15, 0.2) is 5.69 Å². The first-order chi connectivity index (χ1) is 8.61. The Morgan fingerprint density at radius 2 is 2.06 bits per heavy atom. The van der Waals surface area contributed by atoms with Crippen molar-refractivity contribution >= 4 is 11.6 Å². The molecule has 18 heavy (non-hydrogen) atoms. The van der Waals surface area contributed by atoms with E-state index in [1.165, 1.54) is 17.0 Å². The number of carbonyl (C=O) groups excluding carboxylic acids is 1. The standard InChI is InChI=1S/C13H13FN2O2/c1-3-16(11-6-4-10(14)5-7-11)13(17)12-8-9(2)18-15-12/h4-8H,3H2,1-2H3. The quantitative estimate of drug-likeness (QED) is 0.839. The fourth-order valence-corrected chi connectivity index (χ4v) is 1.67. The lowest BCUT2D eigenvalue weighted by molar-refractivity contribution is 0.0979. The molecule has 1 heterocycles. The largest absolute Gasteiger partial charge is 0.361 e. The summed E-state index contributed by atoms with van der Waals surface area (Å²) in [7, 11) is 0. The maximum absolute atomic E-state index is 12.9. The number of amides is 1. The van der Waals surface area contributed by atoms with E-state index in [2.05, 4.69) is 5.16 Å². The molecule has 0 bridgehead atoms. The summed E-state index contributed by atoms with van der Waals surface area (Å²) in [4.78, 5) is 13.7. The molecule has 2 aromatic rings. The molecule has 4 nitrogen and oxygen atoms in total. The van der Waals surface area contributed by atoms with Crippen LogP contribution in [-0.2, 0) is 0 Å². The number of anilines is 1. The van der Waals surface area contributed by atoms with Gasteiger partial charge < -0.3 is 9.42 Å². The number of carbonyl (C=O) groups is 1. The summed E-state index contributed by atoms with van der Waals surface area (Å²) in [5.41, 5.74) is 0.878. The van der Waals surface area contributed by atoms with Crippen molar-refractivity contribution in [3.8, 4) is 0 Å². The van der Waals surface area contributed by atoms with Crippen LogP contribution in [0.2, 0.25) is 0 Å². The maximum atomic E-state index is 12.9. The van der Waals surface area contributed by atoms with E-state index in [1.807, 2.05) is 6.92 Å². The number of rotatable bonds is 3. The molecular formula is C13H13FN2O2. The molecular weight excluding hydrogens is 235 g/mol. The highest BCUT2D eigenvalue weighted by Crippen LogP contribution is 2.17. The number of benzene rings is 1. The van der Waals surface area contributed by atoms with Gasteiger partial charge in [0.25, 0.3) is 5.91 Å². The zero-order chi connectivity index (χ0) is 13.1. The Kier molecular flexibility index (Phi) is 3.41. The summed E-state index contributed by atoms with van der Waals surface area (Å²) in [5.74, 6) is -0.0194. The minimum atomic E-state index is -0.334. The number of nitrogens with zero attached hydrogens (tertiary/aromatic N) is 2. The molecule has 2 rings (SSSR count). The number of aryl methyl sites for hydroxylation is 1. The number of aromatic nitrogens is 1. The molecule has 0 radical (unpaired) electrons. The van der Waals surface area contributed by atoms with Crippen LogP contribution in [-0.4, -0.2) is 17.6 Å². The maximum Gasteiger partial charge on any atom is 0.280 e. The molecule has 0 saturated carbocycles. The summed E-state index contributed by atoms with van der Waals surface area (Å²) in [6, 6.07) is 7.33. The van der Waals surface area contributed by atoms with E-state index in [4.69, 9.17) is 4.52 Å². The van der Waals surface area contributed by atoms with Gasteiger partial charge in [-0.1, -0.05) is 5.16 Å². The number of hydrogen-bond acceptors (Lipinski definition) is 3. The van der Waals surface area contributed by atoms with E-state index >= 15 is 0 Å². The molecule has 0 unspecified atom stereocenters. The Labute approximate surface area is 104 Å². The van der Waals surface area contributed by atoms with Crippen molar-refractivity contribution in [1.82, 2.24) is 5.16 Å². The van der Waals surface area contributed by atoms with Crippen molar-refractivity contribution in [3.63, 3.8) is 0 Å². The van der Waals surface area contributed by atoms with Gasteiger partial charge in [-0.25, -0.2) is 4.39 Å². The third-order valence-electron chi connectivity index (χ3n) is 2.55. The first kappa shape index (κ1) is 12.3. The van der Waals surface area contributed by atoms with E-state index < -0.39 is 0 Å². The molecule has 0 aliphatic heterocycles. The Balaban J connectivity index is 2.28. The van der Waals surface area contributed by atoms with Crippen LogP contribution in [0, 0.1) is 12.7 Å². The molecule has 0 atom stereocenters. The number of halogens is 1. The fourth-order valence-electron chi connectivity index (χ4n) is 1.67. The SMILES string of the molecule is CCN(C(=O)c1cc(C)on1)c1ccc(F)cc1. The molecule has 1 amide bonds. The highest BCUT2D eigenvalue weighted by molar-refractivity contribution is 6.04. The first-order valence-corrected chi connectivity index (χ1v) is 5.62. The highest BCUT2D eigenvalue weighted by atomic mass is 19.1. The molecule has 1 aromatic heterocycles. The van der Waals surface area contributed by atoms with Gasteiger partial charge in [-0.05, 0) is 38.1 Å². The minimum Gasteiger partial charge on any atom is -0.361 e. The summed E-state index contributed by atoms with van der Waals surface area (Å²) in [6.07, 6.45) is 0. The predicted molar refractivity (Wildman–Crippen MR) is 65.0 cm³/mol. The second-order valence-corrected chi connectivity index (χ2v) is 3.85. The Hall–Kier alpha value is -2.17. The second-order valence-electron chi connectivity index (χ2n) is 3.85. The van der Waals surface area contributed by atoms with Gasteiger partial charge >= 0.3 is 0 Å². The van der Waals surface area contributed by atoms with E-state index in [0.717, 1.165) is 0 Å². The Morgan fingerprint density at radius 3 is 2.56 bits per heavy atom. The third kappa shape index (κ3) is 2.40. The van der Waals surface area contributed by atoms with Crippen molar-refractivity contribution in [2.24, 2.45) is 0 Å². The minimum absolute atomic E-state index is 0.249. The topological polar surface area (TPSA) is 46.3 Å². The number of hydrogen-bond donors (Lipinski definition) is 0. The van der Waals surface area contributed by atoms with Crippen LogP contribution < -0.4 is 4.90 Å². The fraction of sp³-hybridized carbons (Fsp3) is 0.231. The highest BCUT2D eigenvalue weighted by Gasteiger charge is 2.19. The van der Waals surface area contributed by atoms with E-state index in [1.54, 1.807) is 25.1 Å². The van der Waals surface area contributed by atoms with Crippen molar-refractivity contribution in [2.45, 2.75) is 13.8 Å². The Morgan fingerprint density at radius 1 is 1.39 bits per heavy atom. The average Bonchev–Trinajstić information content (AvgIpc) is 2.79. The van der Waals surface area contributed by atoms with Crippen molar-refractivity contribution < 1.29 is 13.7 Å². The predicted octanol–water partition coefficient (Wildman–Crippen LogP) is 2.79. The van der Waals surface area contributed by atoms with Crippen molar-refractivity contribution in [2.75, 3.05) is 11.4 Å². The van der Waals surface area contributed by atoms with Gasteiger partial charge in [0.2, 0.25) is 0 Å². The van der Waals surface area contributed by atoms with E-state index in [-0.39, 0.29) is 17.4 Å². The zero-order valence-corrected chi connectivity index (χ0v) is 10.2. The van der Waals surface area contributed by atoms with Crippen molar-refractivity contribution in [1.29, 1.82) is 0 Å². The molecule has 0 spiro atoms. The molecule has 94 valence electrons. The zero-order valence-electron chi connectivity index (χ0n) is 10.2. The van der Waals surface area contributed by atoms with Crippen LogP contribution in [0.15, 0.2) is 34.9 Å². The molecule has 5 heteroatoms. The lowest BCUT2D eigenvalue weighted by atomic mass is 10.2. The summed E-state index contributed by atoms with van der Waals surface area (Å²) < 4.78 is 17.7. The van der Waals surface area contributed by atoms with Gasteiger partial charge in [-0.15, -0.1) is 0 Å². The van der Waals surface area contributed by atoms with Gasteiger partial charge in [-0.3, -0.25) is 4.79 Å². The van der Waals surface area contributed by atoms with Gasteiger partial charge in [0.05, 0.1) is 0 Å². The molecule has 0 aliphatic rings. The van der Waals surface area contributed by atoms with E-state index in [9.17, 15) is 9.18 Å². The monoisotopic (exact) mass is 248 g/mol. The van der Waals surface area contributed by atoms with Crippen LogP contribution in [0.4, 0.5) is 10.1 Å². The first-order valence-electron chi connectivity index (χ1n) is 5.62. The van der Waals surface area contributed by atoms with Crippen LogP contribution in [0.1, 0.15) is 23.2 Å². The molecule has 1 aromatic carbocycles. The van der Waals surface area contributed by atoms with Crippen LogP contribution in [0.25, 0.3) is 0 Å². The lowest BCUT2D eigenvalue weighted by Crippen LogP contribution is -2.30. The van der Waals surface area contributed by atoms with Gasteiger partial charge in [0, 0.05) is 18.3 Å². The molecule has 0 aliphatic carbocycles. The lowest BCUT2D eigenvalue weighted by Gasteiger charge is -2.19. The smallest absolute Gasteiger partial charge is 0.280 e. The summed E-state index contributed by atoms with van der Waals surface area (Å²) >= 11 is 0. The Bertz CT molecular complexity index is 548. The van der Waals surface area contributed by atoms with E-state index in [0.29, 0.717) is 18.0 Å². The van der Waals surface area contributed by atoms with Crippen molar-refractivity contribution in [3.05, 3.63) is 47.6 Å². The molecule has 0 N–H and O–H groups in total. The summed E-state index contributed by atoms with van der Waals surface area (Å²) in [5, 5.41) is 3.69. The molecule has 0 fully saturated rings. The third-order valence-corrected chi connectivity index (χ3v) is 2.55. The normalized spacial score (nSPS) is 10.4. The van der Waals surface area contributed by atoms with Crippen LogP contribution in [0.5, 0.6) is 0 Å².